The van der Waals surface area contributed by atoms with Crippen LogP contribution >= 0.6 is 24.8 Å². The normalized spacial score (nSPS) is 20.6. The summed E-state index contributed by atoms with van der Waals surface area (Å²) < 4.78 is 0. The van der Waals surface area contributed by atoms with Crippen molar-refractivity contribution in [1.82, 2.24) is 9.88 Å². The number of carbonyl (C=O) groups is 1. The predicted octanol–water partition coefficient (Wildman–Crippen LogP) is 4.46. The van der Waals surface area contributed by atoms with E-state index in [0.717, 1.165) is 53.7 Å². The smallest absolute Gasteiger partial charge is 0.254 e. The largest absolute Gasteiger partial charge is 0.338 e. The van der Waals surface area contributed by atoms with Gasteiger partial charge in [0.25, 0.3) is 5.91 Å². The maximum atomic E-state index is 13.3. The number of nitrogens with two attached hydrogens (primary N) is 1. The lowest BCUT2D eigenvalue weighted by Gasteiger charge is -2.35. The van der Waals surface area contributed by atoms with Crippen LogP contribution < -0.4 is 5.73 Å². The summed E-state index contributed by atoms with van der Waals surface area (Å²) in [7, 11) is 0. The number of nitrogens with zero attached hydrogens (tertiary/aromatic N) is 2. The number of benzene rings is 1. The molecule has 2 heterocycles. The molecule has 6 heteroatoms. The van der Waals surface area contributed by atoms with Crippen LogP contribution in [0.15, 0.2) is 24.3 Å². The van der Waals surface area contributed by atoms with Crippen molar-refractivity contribution < 1.29 is 4.79 Å². The molecule has 4 rings (SSSR count). The molecule has 2 atom stereocenters. The Bertz CT molecular complexity index is 820. The fourth-order valence-electron chi connectivity index (χ4n) is 3.92. The number of hydrogen-bond acceptors (Lipinski definition) is 3. The van der Waals surface area contributed by atoms with Gasteiger partial charge < -0.3 is 10.6 Å². The number of amides is 1. The van der Waals surface area contributed by atoms with Crippen molar-refractivity contribution in [3.8, 4) is 0 Å². The molecule has 148 valence electrons. The first-order valence-corrected chi connectivity index (χ1v) is 9.49. The molecule has 1 aliphatic heterocycles. The van der Waals surface area contributed by atoms with Crippen LogP contribution in [0.25, 0.3) is 10.9 Å². The number of rotatable bonds is 3. The first-order chi connectivity index (χ1) is 12.0. The number of likely N-dealkylation sites (tertiary alicyclic amines) is 1. The zero-order valence-electron chi connectivity index (χ0n) is 16.0. The van der Waals surface area contributed by atoms with Gasteiger partial charge in [-0.25, -0.2) is 0 Å². The van der Waals surface area contributed by atoms with E-state index >= 15 is 0 Å². The second kappa shape index (κ2) is 8.76. The van der Waals surface area contributed by atoms with Crippen LogP contribution in [0, 0.1) is 12.8 Å². The lowest BCUT2D eigenvalue weighted by atomic mass is 9.91. The van der Waals surface area contributed by atoms with Crippen molar-refractivity contribution in [2.24, 2.45) is 11.7 Å². The van der Waals surface area contributed by atoms with E-state index in [1.54, 1.807) is 0 Å². The van der Waals surface area contributed by atoms with Crippen LogP contribution in [0.5, 0.6) is 0 Å². The van der Waals surface area contributed by atoms with Gasteiger partial charge in [0, 0.05) is 36.1 Å². The highest BCUT2D eigenvalue weighted by molar-refractivity contribution is 6.06. The van der Waals surface area contributed by atoms with Gasteiger partial charge in [0.1, 0.15) is 0 Å². The Kier molecular flexibility index (Phi) is 7.12. The van der Waals surface area contributed by atoms with Crippen LogP contribution in [0.2, 0.25) is 0 Å². The lowest BCUT2D eigenvalue weighted by molar-refractivity contribution is 0.0663. The van der Waals surface area contributed by atoms with Gasteiger partial charge in [-0.2, -0.15) is 0 Å². The third-order valence-corrected chi connectivity index (χ3v) is 5.70. The highest BCUT2D eigenvalue weighted by Gasteiger charge is 2.30. The summed E-state index contributed by atoms with van der Waals surface area (Å²) in [6, 6.07) is 8.41. The van der Waals surface area contributed by atoms with E-state index in [1.165, 1.54) is 12.8 Å². The molecule has 2 aromatic rings. The molecule has 2 fully saturated rings. The summed E-state index contributed by atoms with van der Waals surface area (Å²) in [6.45, 7) is 5.71. The molecule has 1 saturated heterocycles. The third kappa shape index (κ3) is 4.56. The second-order valence-electron chi connectivity index (χ2n) is 7.90. The van der Waals surface area contributed by atoms with Gasteiger partial charge in [0.2, 0.25) is 0 Å². The molecule has 27 heavy (non-hydrogen) atoms. The van der Waals surface area contributed by atoms with Gasteiger partial charge >= 0.3 is 0 Å². The fourth-order valence-corrected chi connectivity index (χ4v) is 3.92. The van der Waals surface area contributed by atoms with E-state index in [1.807, 2.05) is 11.0 Å². The molecule has 2 unspecified atom stereocenters. The quantitative estimate of drug-likeness (QED) is 0.813. The summed E-state index contributed by atoms with van der Waals surface area (Å²) in [5, 5.41) is 0.984. The molecule has 1 aromatic carbocycles. The average Bonchev–Trinajstić information content (AvgIpc) is 3.45. The lowest BCUT2D eigenvalue weighted by Crippen LogP contribution is -2.45. The van der Waals surface area contributed by atoms with Gasteiger partial charge in [0.05, 0.1) is 11.1 Å². The molecular formula is C21H29Cl2N3O. The molecule has 2 N–H and O–H groups in total. The van der Waals surface area contributed by atoms with Crippen molar-refractivity contribution in [3.63, 3.8) is 0 Å². The minimum absolute atomic E-state index is 0. The molecule has 2 aliphatic rings. The molecule has 1 amide bonds. The van der Waals surface area contributed by atoms with Crippen molar-refractivity contribution >= 4 is 41.6 Å². The predicted molar refractivity (Wildman–Crippen MR) is 115 cm³/mol. The highest BCUT2D eigenvalue weighted by atomic mass is 35.5. The first-order valence-electron chi connectivity index (χ1n) is 9.49. The number of halogens is 2. The Labute approximate surface area is 173 Å². The first kappa shape index (κ1) is 21.9. The van der Waals surface area contributed by atoms with Crippen molar-refractivity contribution in [2.45, 2.75) is 51.5 Å². The number of carbonyl (C=O) groups excluding carboxylic acids is 1. The van der Waals surface area contributed by atoms with Crippen LogP contribution in [0.1, 0.15) is 60.1 Å². The molecule has 0 bridgehead atoms. The summed E-state index contributed by atoms with van der Waals surface area (Å²) in [5.41, 5.74) is 10.1. The van der Waals surface area contributed by atoms with Crippen LogP contribution in [-0.4, -0.2) is 34.9 Å². The van der Waals surface area contributed by atoms with E-state index in [-0.39, 0.29) is 36.8 Å². The SMILES string of the molecule is Cc1ccc2nc(C3CC3)cc(C(=O)N3CCCC(C(C)N)C3)c2c1.Cl.Cl. The Morgan fingerprint density at radius 3 is 2.63 bits per heavy atom. The average molecular weight is 410 g/mol. The highest BCUT2D eigenvalue weighted by Crippen LogP contribution is 2.40. The number of piperidine rings is 1. The number of fused-ring (bicyclic) bond motifs is 1. The van der Waals surface area contributed by atoms with E-state index in [9.17, 15) is 4.79 Å². The summed E-state index contributed by atoms with van der Waals surface area (Å²) in [4.78, 5) is 20.2. The third-order valence-electron chi connectivity index (χ3n) is 5.70. The minimum Gasteiger partial charge on any atom is -0.338 e. The Balaban J connectivity index is 0.00000131. The summed E-state index contributed by atoms with van der Waals surface area (Å²) in [5.74, 6) is 1.08. The van der Waals surface area contributed by atoms with Crippen molar-refractivity contribution in [2.75, 3.05) is 13.1 Å². The second-order valence-corrected chi connectivity index (χ2v) is 7.90. The number of aromatic nitrogens is 1. The molecule has 1 aromatic heterocycles. The summed E-state index contributed by atoms with van der Waals surface area (Å²) in [6.07, 6.45) is 4.53. The van der Waals surface area contributed by atoms with Crippen LogP contribution in [0.4, 0.5) is 0 Å². The van der Waals surface area contributed by atoms with Crippen LogP contribution in [0.3, 0.4) is 0 Å². The summed E-state index contributed by atoms with van der Waals surface area (Å²) >= 11 is 0. The number of hydrogen-bond donors (Lipinski definition) is 1. The fraction of sp³-hybridized carbons (Fsp3) is 0.524. The molecule has 0 radical (unpaired) electrons. The molecule has 4 nitrogen and oxygen atoms in total. The van der Waals surface area contributed by atoms with E-state index < -0.39 is 0 Å². The Morgan fingerprint density at radius 1 is 1.22 bits per heavy atom. The zero-order chi connectivity index (χ0) is 17.6. The van der Waals surface area contributed by atoms with Gasteiger partial charge in [-0.15, -0.1) is 24.8 Å². The monoisotopic (exact) mass is 409 g/mol. The van der Waals surface area contributed by atoms with E-state index in [2.05, 4.69) is 32.0 Å². The minimum atomic E-state index is 0. The maximum Gasteiger partial charge on any atom is 0.254 e. The molecule has 1 aliphatic carbocycles. The Hall–Kier alpha value is -1.36. The van der Waals surface area contributed by atoms with Gasteiger partial charge in [-0.1, -0.05) is 11.6 Å². The molecule has 1 saturated carbocycles. The van der Waals surface area contributed by atoms with Crippen molar-refractivity contribution in [1.29, 1.82) is 0 Å². The molecule has 0 spiro atoms. The number of aryl methyl sites for hydroxylation is 1. The maximum absolute atomic E-state index is 13.3. The van der Waals surface area contributed by atoms with Crippen LogP contribution in [-0.2, 0) is 0 Å². The van der Waals surface area contributed by atoms with Crippen molar-refractivity contribution in [3.05, 3.63) is 41.1 Å². The van der Waals surface area contributed by atoms with Gasteiger partial charge in [0.15, 0.2) is 0 Å². The standard InChI is InChI=1S/C21H27N3O.2ClH/c1-13-5-8-19-17(10-13)18(11-20(23-19)15-6-7-15)21(25)24-9-3-4-16(12-24)14(2)22;;/h5,8,10-11,14-16H,3-4,6-7,9,12,22H2,1-2H3;2*1H. The molecular weight excluding hydrogens is 381 g/mol. The van der Waals surface area contributed by atoms with E-state index in [0.29, 0.717) is 11.8 Å². The zero-order valence-corrected chi connectivity index (χ0v) is 17.6. The van der Waals surface area contributed by atoms with Gasteiger partial charge in [-0.05, 0) is 63.6 Å². The number of pyridine rings is 1. The van der Waals surface area contributed by atoms with Gasteiger partial charge in [-0.3, -0.25) is 9.78 Å². The van der Waals surface area contributed by atoms with E-state index in [4.69, 9.17) is 10.7 Å². The Morgan fingerprint density at radius 2 is 1.96 bits per heavy atom. The topological polar surface area (TPSA) is 59.2 Å².